The van der Waals surface area contributed by atoms with Gasteiger partial charge in [-0.1, -0.05) is 51.5 Å². The quantitative estimate of drug-likeness (QED) is 0.369. The topological polar surface area (TPSA) is 106 Å². The van der Waals surface area contributed by atoms with Gasteiger partial charge in [0.25, 0.3) is 0 Å². The molecule has 0 aliphatic carbocycles. The molecular formula is C28H37NO6. The van der Waals surface area contributed by atoms with Crippen molar-refractivity contribution in [1.82, 2.24) is 5.32 Å². The van der Waals surface area contributed by atoms with Crippen LogP contribution in [0.4, 0.5) is 4.79 Å². The standard InChI is InChI=1S/C28H37NO6/c1-6-7-11-21-12-13-22(19(3)15-21)16-20(4)26(31)25-23(30)17-24(35-27(25)32)18(2)10-8-9-14-29-28(33)34-5/h9,12-15,17-18,20,30H,6-8,10-11,16H2,1-5H3,(H,29,33)/b14-9+. The molecule has 190 valence electrons. The zero-order valence-corrected chi connectivity index (χ0v) is 21.3. The monoisotopic (exact) mass is 483 g/mol. The Bertz CT molecular complexity index is 1100. The van der Waals surface area contributed by atoms with Gasteiger partial charge in [-0.3, -0.25) is 10.1 Å². The van der Waals surface area contributed by atoms with Crippen molar-refractivity contribution in [2.75, 3.05) is 7.11 Å². The maximum absolute atomic E-state index is 13.0. The van der Waals surface area contributed by atoms with E-state index in [1.165, 1.54) is 24.9 Å². The fourth-order valence-electron chi connectivity index (χ4n) is 3.92. The summed E-state index contributed by atoms with van der Waals surface area (Å²) >= 11 is 0. The number of alkyl carbamates (subject to hydrolysis) is 1. The van der Waals surface area contributed by atoms with Crippen LogP contribution in [-0.4, -0.2) is 24.1 Å². The Kier molecular flexibility index (Phi) is 10.8. The second-order valence-electron chi connectivity index (χ2n) is 9.05. The highest BCUT2D eigenvalue weighted by atomic mass is 16.5. The summed E-state index contributed by atoms with van der Waals surface area (Å²) in [4.78, 5) is 36.7. The van der Waals surface area contributed by atoms with E-state index >= 15 is 0 Å². The van der Waals surface area contributed by atoms with Gasteiger partial charge in [-0.05, 0) is 55.7 Å². The molecule has 0 radical (unpaired) electrons. The van der Waals surface area contributed by atoms with Gasteiger partial charge in [0.1, 0.15) is 17.1 Å². The maximum Gasteiger partial charge on any atom is 0.410 e. The molecule has 2 N–H and O–H groups in total. The van der Waals surface area contributed by atoms with E-state index in [0.717, 1.165) is 30.4 Å². The Balaban J connectivity index is 2.06. The molecule has 0 aliphatic rings. The lowest BCUT2D eigenvalue weighted by Crippen LogP contribution is -2.22. The average molecular weight is 484 g/mol. The van der Waals surface area contributed by atoms with Crippen molar-refractivity contribution in [2.45, 2.75) is 72.1 Å². The van der Waals surface area contributed by atoms with Crippen molar-refractivity contribution in [1.29, 1.82) is 0 Å². The molecule has 0 saturated carbocycles. The summed E-state index contributed by atoms with van der Waals surface area (Å²) in [6, 6.07) is 7.66. The third-order valence-corrected chi connectivity index (χ3v) is 6.15. The number of benzene rings is 1. The van der Waals surface area contributed by atoms with E-state index in [-0.39, 0.29) is 17.2 Å². The lowest BCUT2D eigenvalue weighted by atomic mass is 9.90. The summed E-state index contributed by atoms with van der Waals surface area (Å²) < 4.78 is 9.88. The van der Waals surface area contributed by atoms with Crippen LogP contribution in [0.15, 0.2) is 45.8 Å². The minimum absolute atomic E-state index is 0.174. The van der Waals surface area contributed by atoms with E-state index in [4.69, 9.17) is 4.42 Å². The van der Waals surface area contributed by atoms with E-state index in [0.29, 0.717) is 25.0 Å². The Morgan fingerprint density at radius 1 is 1.23 bits per heavy atom. The minimum atomic E-state index is -0.821. The predicted octanol–water partition coefficient (Wildman–Crippen LogP) is 5.81. The normalized spacial score (nSPS) is 12.9. The zero-order chi connectivity index (χ0) is 26.0. The van der Waals surface area contributed by atoms with Gasteiger partial charge in [0, 0.05) is 24.1 Å². The van der Waals surface area contributed by atoms with Gasteiger partial charge in [0.05, 0.1) is 7.11 Å². The number of nitrogens with one attached hydrogen (secondary N) is 1. The van der Waals surface area contributed by atoms with E-state index in [1.54, 1.807) is 13.0 Å². The molecule has 7 nitrogen and oxygen atoms in total. The maximum atomic E-state index is 13.0. The Labute approximate surface area is 207 Å². The molecule has 0 spiro atoms. The Morgan fingerprint density at radius 3 is 2.60 bits per heavy atom. The zero-order valence-electron chi connectivity index (χ0n) is 21.3. The summed E-state index contributed by atoms with van der Waals surface area (Å²) in [6.45, 7) is 7.82. The molecule has 7 heteroatoms. The van der Waals surface area contributed by atoms with Gasteiger partial charge < -0.3 is 14.3 Å². The van der Waals surface area contributed by atoms with Crippen molar-refractivity contribution in [3.8, 4) is 5.75 Å². The number of unbranched alkanes of at least 4 members (excludes halogenated alkanes) is 1. The number of ketones is 1. The summed E-state index contributed by atoms with van der Waals surface area (Å²) in [5, 5.41) is 13.0. The molecule has 1 aromatic carbocycles. The van der Waals surface area contributed by atoms with Crippen molar-refractivity contribution < 1.29 is 23.8 Å². The van der Waals surface area contributed by atoms with Crippen LogP contribution in [0.1, 0.15) is 85.2 Å². The summed E-state index contributed by atoms with van der Waals surface area (Å²) in [6.07, 6.45) is 7.68. The molecule has 2 aromatic rings. The highest BCUT2D eigenvalue weighted by Gasteiger charge is 2.25. The molecule has 2 unspecified atom stereocenters. The number of amides is 1. The van der Waals surface area contributed by atoms with Crippen LogP contribution in [0.25, 0.3) is 0 Å². The van der Waals surface area contributed by atoms with E-state index in [9.17, 15) is 19.5 Å². The van der Waals surface area contributed by atoms with Gasteiger partial charge in [-0.2, -0.15) is 0 Å². The molecule has 35 heavy (non-hydrogen) atoms. The third kappa shape index (κ3) is 8.12. The van der Waals surface area contributed by atoms with Crippen LogP contribution >= 0.6 is 0 Å². The first-order chi connectivity index (χ1) is 16.7. The fourth-order valence-corrected chi connectivity index (χ4v) is 3.92. The number of rotatable bonds is 12. The number of hydrogen-bond donors (Lipinski definition) is 2. The number of hydrogen-bond acceptors (Lipinski definition) is 6. The largest absolute Gasteiger partial charge is 0.507 e. The molecule has 0 aliphatic heterocycles. The van der Waals surface area contributed by atoms with Gasteiger partial charge in [-0.25, -0.2) is 9.59 Å². The van der Waals surface area contributed by atoms with Crippen LogP contribution < -0.4 is 10.9 Å². The molecule has 2 rings (SSSR count). The van der Waals surface area contributed by atoms with Crippen LogP contribution in [0.5, 0.6) is 5.75 Å². The molecule has 0 fully saturated rings. The molecular weight excluding hydrogens is 446 g/mol. The number of carbonyl (C=O) groups is 2. The van der Waals surface area contributed by atoms with E-state index in [1.807, 2.05) is 19.9 Å². The number of aromatic hydroxyl groups is 1. The van der Waals surface area contributed by atoms with Crippen molar-refractivity contribution in [3.05, 3.63) is 75.0 Å². The third-order valence-electron chi connectivity index (χ3n) is 6.15. The number of aryl methyl sites for hydroxylation is 2. The molecule has 0 bridgehead atoms. The van der Waals surface area contributed by atoms with Crippen molar-refractivity contribution in [3.63, 3.8) is 0 Å². The first-order valence-corrected chi connectivity index (χ1v) is 12.2. The fraction of sp³-hybridized carbons (Fsp3) is 0.464. The average Bonchev–Trinajstić information content (AvgIpc) is 2.82. The molecule has 1 amide bonds. The Hall–Kier alpha value is -3.35. The number of Topliss-reactive ketones (excluding diaryl/α,β-unsaturated/α-hetero) is 1. The van der Waals surface area contributed by atoms with Crippen LogP contribution in [-0.2, 0) is 17.6 Å². The lowest BCUT2D eigenvalue weighted by Gasteiger charge is -2.15. The second-order valence-corrected chi connectivity index (χ2v) is 9.05. The highest BCUT2D eigenvalue weighted by molar-refractivity contribution is 5.99. The first kappa shape index (κ1) is 27.9. The predicted molar refractivity (Wildman–Crippen MR) is 136 cm³/mol. The van der Waals surface area contributed by atoms with Gasteiger partial charge in [-0.15, -0.1) is 0 Å². The Morgan fingerprint density at radius 2 is 1.97 bits per heavy atom. The number of carbonyl (C=O) groups excluding carboxylic acids is 2. The second kappa shape index (κ2) is 13.5. The molecule has 1 heterocycles. The van der Waals surface area contributed by atoms with Gasteiger partial charge >= 0.3 is 11.7 Å². The van der Waals surface area contributed by atoms with Gasteiger partial charge in [0.2, 0.25) is 0 Å². The highest BCUT2D eigenvalue weighted by Crippen LogP contribution is 2.27. The number of allylic oxidation sites excluding steroid dienone is 1. The summed E-state index contributed by atoms with van der Waals surface area (Å²) in [7, 11) is 1.28. The molecule has 0 saturated heterocycles. The number of methoxy groups -OCH3 is 1. The molecule has 2 atom stereocenters. The summed E-state index contributed by atoms with van der Waals surface area (Å²) in [5.41, 5.74) is 2.33. The van der Waals surface area contributed by atoms with E-state index in [2.05, 4.69) is 29.1 Å². The molecule has 1 aromatic heterocycles. The van der Waals surface area contributed by atoms with E-state index < -0.39 is 23.4 Å². The number of ether oxygens (including phenoxy) is 1. The summed E-state index contributed by atoms with van der Waals surface area (Å²) in [5.74, 6) is -1.13. The van der Waals surface area contributed by atoms with Crippen LogP contribution in [0.2, 0.25) is 0 Å². The van der Waals surface area contributed by atoms with Gasteiger partial charge in [0.15, 0.2) is 5.78 Å². The van der Waals surface area contributed by atoms with Crippen molar-refractivity contribution >= 4 is 11.9 Å². The minimum Gasteiger partial charge on any atom is -0.507 e. The van der Waals surface area contributed by atoms with Crippen LogP contribution in [0.3, 0.4) is 0 Å². The van der Waals surface area contributed by atoms with Crippen molar-refractivity contribution in [2.24, 2.45) is 5.92 Å². The van der Waals surface area contributed by atoms with Crippen LogP contribution in [0, 0.1) is 12.8 Å². The smallest absolute Gasteiger partial charge is 0.410 e. The first-order valence-electron chi connectivity index (χ1n) is 12.2. The lowest BCUT2D eigenvalue weighted by molar-refractivity contribution is 0.0921. The SMILES string of the molecule is CCCCc1ccc(CC(C)C(=O)c2c(O)cc(C(C)CC/C=C/NC(=O)OC)oc2=O)c(C)c1.